The number of alkyl halides is 3. The van der Waals surface area contributed by atoms with Crippen LogP contribution in [0.4, 0.5) is 22.7 Å². The Labute approximate surface area is 229 Å². The van der Waals surface area contributed by atoms with Gasteiger partial charge in [0.1, 0.15) is 11.6 Å². The number of halogens is 4. The number of carbonyl (C=O) groups is 1. The maximum atomic E-state index is 14.1. The Hall–Kier alpha value is -2.92. The predicted octanol–water partition coefficient (Wildman–Crippen LogP) is 6.89. The molecule has 0 aliphatic carbocycles. The lowest BCUT2D eigenvalue weighted by atomic mass is 10.0. The number of thiazole rings is 1. The van der Waals surface area contributed by atoms with Gasteiger partial charge in [0.15, 0.2) is 10.7 Å². The Morgan fingerprint density at radius 3 is 2.59 bits per heavy atom. The molecular formula is C28H33F4N3O3S. The zero-order chi connectivity index (χ0) is 28.5. The third-order valence-corrected chi connectivity index (χ3v) is 7.93. The van der Waals surface area contributed by atoms with Gasteiger partial charge in [0.25, 0.3) is 0 Å². The predicted molar refractivity (Wildman–Crippen MR) is 144 cm³/mol. The average Bonchev–Trinajstić information content (AvgIpc) is 3.23. The van der Waals surface area contributed by atoms with Crippen LogP contribution < -0.4 is 9.64 Å². The normalized spacial score (nSPS) is 17.1. The number of unbranched alkanes of at least 4 members (excludes halogenated alkanes) is 1. The van der Waals surface area contributed by atoms with Gasteiger partial charge in [0.2, 0.25) is 0 Å². The Bertz CT molecular complexity index is 1340. The fraction of sp³-hybridized carbons (Fsp3) is 0.500. The van der Waals surface area contributed by atoms with Crippen molar-refractivity contribution in [3.8, 4) is 5.75 Å². The largest absolute Gasteiger partial charge is 0.478 e. The lowest BCUT2D eigenvalue weighted by Gasteiger charge is -2.41. The highest BCUT2D eigenvalue weighted by atomic mass is 32.1. The van der Waals surface area contributed by atoms with E-state index in [4.69, 9.17) is 4.74 Å². The van der Waals surface area contributed by atoms with Crippen molar-refractivity contribution in [1.82, 2.24) is 9.88 Å². The Morgan fingerprint density at radius 2 is 1.92 bits per heavy atom. The second-order valence-electron chi connectivity index (χ2n) is 10.6. The van der Waals surface area contributed by atoms with Crippen molar-refractivity contribution in [3.63, 3.8) is 0 Å². The molecule has 39 heavy (non-hydrogen) atoms. The minimum absolute atomic E-state index is 0.0951. The summed E-state index contributed by atoms with van der Waals surface area (Å²) in [5.74, 6) is -1.86. The number of aliphatic carboxylic acids is 1. The van der Waals surface area contributed by atoms with Gasteiger partial charge < -0.3 is 14.7 Å². The number of aromatic nitrogens is 1. The van der Waals surface area contributed by atoms with E-state index >= 15 is 0 Å². The van der Waals surface area contributed by atoms with E-state index in [-0.39, 0.29) is 11.6 Å². The third kappa shape index (κ3) is 6.81. The maximum absolute atomic E-state index is 14.1. The second kappa shape index (κ2) is 11.3. The molecule has 2 heterocycles. The molecule has 1 aliphatic heterocycles. The number of nitrogens with zero attached hydrogens (tertiary/aromatic N) is 3. The first-order valence-corrected chi connectivity index (χ1v) is 13.8. The summed E-state index contributed by atoms with van der Waals surface area (Å²) in [5, 5.41) is 10.0. The summed E-state index contributed by atoms with van der Waals surface area (Å²) in [7, 11) is 0. The fourth-order valence-corrected chi connectivity index (χ4v) is 5.93. The number of ether oxygens (including phenoxy) is 1. The van der Waals surface area contributed by atoms with E-state index in [1.54, 1.807) is 0 Å². The average molecular weight is 568 g/mol. The topological polar surface area (TPSA) is 65.9 Å². The van der Waals surface area contributed by atoms with E-state index in [1.165, 1.54) is 13.8 Å². The third-order valence-electron chi connectivity index (χ3n) is 6.88. The summed E-state index contributed by atoms with van der Waals surface area (Å²) in [6.45, 7) is 9.76. The number of carboxylic acid groups (broad SMARTS) is 1. The van der Waals surface area contributed by atoms with E-state index < -0.39 is 29.1 Å². The monoisotopic (exact) mass is 567 g/mol. The fourth-order valence-electron chi connectivity index (χ4n) is 4.85. The molecule has 1 fully saturated rings. The molecular weight excluding hydrogens is 534 g/mol. The SMILES string of the molecule is CCCC[C@@H]1CN(Cc2cc(C)cc(OC(C)(C)C(=O)O)c2)CCN1c1nc2cc(F)c(C(F)(F)F)cc2s1. The van der Waals surface area contributed by atoms with Crippen LogP contribution in [0.25, 0.3) is 10.2 Å². The highest BCUT2D eigenvalue weighted by molar-refractivity contribution is 7.22. The molecule has 0 radical (unpaired) electrons. The van der Waals surface area contributed by atoms with Gasteiger partial charge in [-0.3, -0.25) is 4.90 Å². The highest BCUT2D eigenvalue weighted by Crippen LogP contribution is 2.38. The van der Waals surface area contributed by atoms with Crippen molar-refractivity contribution < 1.29 is 32.2 Å². The molecule has 1 aromatic heterocycles. The molecule has 1 saturated heterocycles. The highest BCUT2D eigenvalue weighted by Gasteiger charge is 2.35. The van der Waals surface area contributed by atoms with Crippen LogP contribution in [-0.2, 0) is 17.5 Å². The standard InChI is InChI=1S/C28H33F4N3O3S/c1-5-6-7-19-16-34(15-18-10-17(2)11-20(12-18)38-27(3,4)25(36)37)8-9-35(19)26-33-23-14-22(29)21(28(30,31)32)13-24(23)39-26/h10-14,19H,5-9,15-16H2,1-4H3,(H,36,37)/t19-/m1/s1. The van der Waals surface area contributed by atoms with Gasteiger partial charge in [-0.05, 0) is 56.5 Å². The Balaban J connectivity index is 1.54. The van der Waals surface area contributed by atoms with E-state index in [0.717, 1.165) is 60.4 Å². The van der Waals surface area contributed by atoms with Gasteiger partial charge in [0, 0.05) is 38.3 Å². The van der Waals surface area contributed by atoms with Crippen molar-refractivity contribution in [1.29, 1.82) is 0 Å². The van der Waals surface area contributed by atoms with E-state index in [1.807, 2.05) is 25.1 Å². The number of fused-ring (bicyclic) bond motifs is 1. The van der Waals surface area contributed by atoms with Gasteiger partial charge in [0.05, 0.1) is 15.8 Å². The van der Waals surface area contributed by atoms with Crippen LogP contribution in [-0.4, -0.2) is 52.2 Å². The number of anilines is 1. The molecule has 1 aliphatic rings. The molecule has 0 bridgehead atoms. The number of benzene rings is 2. The molecule has 1 atom stereocenters. The quantitative estimate of drug-likeness (QED) is 0.284. The van der Waals surface area contributed by atoms with Crippen LogP contribution in [0.3, 0.4) is 0 Å². The second-order valence-corrected chi connectivity index (χ2v) is 11.6. The van der Waals surface area contributed by atoms with Crippen molar-refractivity contribution in [2.75, 3.05) is 24.5 Å². The Kier molecular flexibility index (Phi) is 8.41. The molecule has 11 heteroatoms. The summed E-state index contributed by atoms with van der Waals surface area (Å²) in [6, 6.07) is 7.55. The van der Waals surface area contributed by atoms with Crippen LogP contribution in [0.2, 0.25) is 0 Å². The van der Waals surface area contributed by atoms with Crippen LogP contribution in [0.1, 0.15) is 56.7 Å². The smallest absolute Gasteiger partial charge is 0.419 e. The molecule has 4 rings (SSSR count). The lowest BCUT2D eigenvalue weighted by molar-refractivity contribution is -0.152. The summed E-state index contributed by atoms with van der Waals surface area (Å²) in [6.07, 6.45) is -1.89. The minimum atomic E-state index is -4.76. The number of hydrogen-bond acceptors (Lipinski definition) is 6. The first kappa shape index (κ1) is 29.1. The van der Waals surface area contributed by atoms with Gasteiger partial charge >= 0.3 is 12.1 Å². The number of carboxylic acids is 1. The van der Waals surface area contributed by atoms with Crippen molar-refractivity contribution in [2.45, 2.75) is 71.3 Å². The lowest BCUT2D eigenvalue weighted by Crippen LogP contribution is -2.53. The molecule has 6 nitrogen and oxygen atoms in total. The number of hydrogen-bond donors (Lipinski definition) is 1. The molecule has 0 spiro atoms. The molecule has 1 N–H and O–H groups in total. The maximum Gasteiger partial charge on any atom is 0.419 e. The van der Waals surface area contributed by atoms with Crippen LogP contribution in [0.5, 0.6) is 5.75 Å². The molecule has 0 saturated carbocycles. The van der Waals surface area contributed by atoms with Gasteiger partial charge in [-0.1, -0.05) is 37.2 Å². The van der Waals surface area contributed by atoms with Gasteiger partial charge in [-0.25, -0.2) is 14.2 Å². The first-order chi connectivity index (χ1) is 18.3. The molecule has 212 valence electrons. The molecule has 3 aromatic rings. The van der Waals surface area contributed by atoms with Crippen molar-refractivity contribution in [2.24, 2.45) is 0 Å². The zero-order valence-corrected chi connectivity index (χ0v) is 23.3. The molecule has 0 amide bonds. The van der Waals surface area contributed by atoms with E-state index in [2.05, 4.69) is 21.7 Å². The van der Waals surface area contributed by atoms with Crippen LogP contribution in [0.15, 0.2) is 30.3 Å². The van der Waals surface area contributed by atoms with E-state index in [9.17, 15) is 27.5 Å². The zero-order valence-electron chi connectivity index (χ0n) is 22.4. The summed E-state index contributed by atoms with van der Waals surface area (Å²) in [4.78, 5) is 20.5. The summed E-state index contributed by atoms with van der Waals surface area (Å²) in [5.41, 5.74) is -0.434. The first-order valence-electron chi connectivity index (χ1n) is 13.0. The summed E-state index contributed by atoms with van der Waals surface area (Å²) >= 11 is 1.16. The van der Waals surface area contributed by atoms with Crippen LogP contribution >= 0.6 is 11.3 Å². The van der Waals surface area contributed by atoms with Gasteiger partial charge in [-0.15, -0.1) is 0 Å². The van der Waals surface area contributed by atoms with Gasteiger partial charge in [-0.2, -0.15) is 13.2 Å². The molecule has 2 aromatic carbocycles. The summed E-state index contributed by atoms with van der Waals surface area (Å²) < 4.78 is 59.9. The van der Waals surface area contributed by atoms with Crippen molar-refractivity contribution in [3.05, 3.63) is 52.8 Å². The van der Waals surface area contributed by atoms with E-state index in [0.29, 0.717) is 35.2 Å². The molecule has 0 unspecified atom stereocenters. The van der Waals surface area contributed by atoms with Crippen molar-refractivity contribution >= 4 is 32.7 Å². The number of aryl methyl sites for hydroxylation is 1. The minimum Gasteiger partial charge on any atom is -0.478 e. The Morgan fingerprint density at radius 1 is 1.18 bits per heavy atom. The number of piperazine rings is 1. The van der Waals surface area contributed by atoms with Crippen LogP contribution in [0, 0.1) is 12.7 Å². The number of rotatable bonds is 9.